The Kier molecular flexibility index (Phi) is 13.0. The minimum Gasteiger partial charge on any atom is -0.747 e. The average molecular weight is 466 g/mol. The Labute approximate surface area is 201 Å². The van der Waals surface area contributed by atoms with E-state index in [1.165, 1.54) is 16.6 Å². The average Bonchev–Trinajstić information content (AvgIpc) is 2.82. The van der Waals surface area contributed by atoms with E-state index in [4.69, 9.17) is 10.2 Å². The van der Waals surface area contributed by atoms with Crippen LogP contribution in [-0.2, 0) is 26.8 Å². The summed E-state index contributed by atoms with van der Waals surface area (Å²) in [6.45, 7) is 1.70. The van der Waals surface area contributed by atoms with Gasteiger partial charge in [-0.15, -0.1) is 0 Å². The van der Waals surface area contributed by atoms with Gasteiger partial charge in [0.1, 0.15) is 21.7 Å². The van der Waals surface area contributed by atoms with Crippen molar-refractivity contribution in [2.24, 2.45) is 7.05 Å². The molecule has 0 atom stereocenters. The zero-order valence-electron chi connectivity index (χ0n) is 17.5. The number of anilines is 1. The number of rotatable bonds is 6. The molecule has 2 aromatic rings. The van der Waals surface area contributed by atoms with Gasteiger partial charge in [-0.05, 0) is 19.1 Å². The van der Waals surface area contributed by atoms with Crippen molar-refractivity contribution in [1.82, 2.24) is 15.5 Å². The number of aliphatic carboxylic acids is 2. The molecule has 0 aliphatic rings. The number of carbonyl (C=O) groups is 2. The number of nitrogens with zero attached hydrogens (tertiary/aromatic N) is 3. The van der Waals surface area contributed by atoms with Gasteiger partial charge >= 0.3 is 41.5 Å². The first-order chi connectivity index (χ1) is 13.3. The van der Waals surface area contributed by atoms with Crippen LogP contribution in [0.25, 0.3) is 5.69 Å². The maximum Gasteiger partial charge on any atom is 1.00 e. The molecule has 0 unspecified atom stereocenters. The van der Waals surface area contributed by atoms with Crippen molar-refractivity contribution in [1.29, 1.82) is 0 Å². The van der Waals surface area contributed by atoms with E-state index in [1.807, 2.05) is 6.07 Å². The van der Waals surface area contributed by atoms with Crippen molar-refractivity contribution in [3.63, 3.8) is 0 Å². The number of hydrogen-bond acceptors (Lipinski definition) is 8. The van der Waals surface area contributed by atoms with Gasteiger partial charge in [0.25, 0.3) is 5.56 Å². The Morgan fingerprint density at radius 2 is 1.58 bits per heavy atom. The number of carboxylic acids is 2. The summed E-state index contributed by atoms with van der Waals surface area (Å²) in [5.74, 6) is -3.26. The van der Waals surface area contributed by atoms with Crippen LogP contribution in [-0.4, -0.2) is 57.4 Å². The summed E-state index contributed by atoms with van der Waals surface area (Å²) in [6, 6.07) is 8.98. The Morgan fingerprint density at radius 1 is 1.13 bits per heavy atom. The Balaban J connectivity index is 0. The molecule has 12 nitrogen and oxygen atoms in total. The van der Waals surface area contributed by atoms with E-state index in [-0.39, 0.29) is 47.0 Å². The zero-order valence-corrected chi connectivity index (χ0v) is 20.4. The van der Waals surface area contributed by atoms with Crippen molar-refractivity contribution in [3.05, 3.63) is 58.5 Å². The third-order valence-corrected chi connectivity index (χ3v) is 4.33. The van der Waals surface area contributed by atoms with E-state index in [0.29, 0.717) is 23.5 Å². The fraction of sp³-hybridized carbons (Fsp3) is 0.235. The van der Waals surface area contributed by atoms with Gasteiger partial charge in [0.2, 0.25) is 0 Å². The van der Waals surface area contributed by atoms with Crippen LogP contribution in [0, 0.1) is 6.92 Å². The molecule has 1 aromatic carbocycles. The fourth-order valence-corrected chi connectivity index (χ4v) is 3.04. The molecular formula is C17H23N4NaO8S. The van der Waals surface area contributed by atoms with E-state index < -0.39 is 27.9 Å². The molecule has 0 amide bonds. The van der Waals surface area contributed by atoms with Crippen LogP contribution in [0.2, 0.25) is 0 Å². The van der Waals surface area contributed by atoms with Gasteiger partial charge in [0, 0.05) is 26.2 Å². The molecule has 14 heteroatoms. The van der Waals surface area contributed by atoms with Gasteiger partial charge in [-0.3, -0.25) is 9.48 Å². The van der Waals surface area contributed by atoms with E-state index in [9.17, 15) is 27.4 Å². The first-order valence-corrected chi connectivity index (χ1v) is 9.55. The number of hydrogen-bond donors (Lipinski definition) is 3. The van der Waals surface area contributed by atoms with Crippen molar-refractivity contribution in [2.75, 3.05) is 17.8 Å². The molecular weight excluding hydrogens is 443 g/mol. The third kappa shape index (κ3) is 9.50. The minimum absolute atomic E-state index is 0. The Bertz CT molecular complexity index is 1060. The monoisotopic (exact) mass is 466 g/mol. The summed E-state index contributed by atoms with van der Waals surface area (Å²) in [5.41, 5.74) is 1.07. The van der Waals surface area contributed by atoms with Gasteiger partial charge in [-0.25, -0.2) is 22.7 Å². The SMILES string of the molecule is Cc1c(N(C)CS(=O)(=O)[O-])c(=O)n(-c2ccccc2)n1C.N.O=C(O)/C=C\C(=O)O.[Na+]. The summed E-state index contributed by atoms with van der Waals surface area (Å²) in [6.07, 6.45) is 1.12. The maximum absolute atomic E-state index is 12.5. The Hall–Kier alpha value is -2.42. The third-order valence-electron chi connectivity index (χ3n) is 3.63. The van der Waals surface area contributed by atoms with Crippen LogP contribution >= 0.6 is 0 Å². The first kappa shape index (κ1) is 30.8. The molecule has 0 bridgehead atoms. The molecule has 5 N–H and O–H groups in total. The number of carboxylic acid groups (broad SMARTS) is 2. The topological polar surface area (TPSA) is 197 Å². The van der Waals surface area contributed by atoms with Gasteiger partial charge in [0.05, 0.1) is 11.4 Å². The van der Waals surface area contributed by atoms with E-state index in [2.05, 4.69) is 0 Å². The first-order valence-electron chi connectivity index (χ1n) is 7.97. The Morgan fingerprint density at radius 3 is 1.97 bits per heavy atom. The predicted molar refractivity (Wildman–Crippen MR) is 108 cm³/mol. The van der Waals surface area contributed by atoms with Crippen LogP contribution in [0.1, 0.15) is 5.69 Å². The molecule has 0 aliphatic heterocycles. The largest absolute Gasteiger partial charge is 1.00 e. The molecule has 0 spiro atoms. The molecule has 0 saturated heterocycles. The molecule has 0 radical (unpaired) electrons. The second-order valence-corrected chi connectivity index (χ2v) is 7.18. The minimum atomic E-state index is -4.45. The van der Waals surface area contributed by atoms with Crippen LogP contribution in [0.5, 0.6) is 0 Å². The number of aromatic nitrogens is 2. The van der Waals surface area contributed by atoms with Gasteiger partial charge in [-0.2, -0.15) is 0 Å². The van der Waals surface area contributed by atoms with E-state index in [1.54, 1.807) is 42.9 Å². The van der Waals surface area contributed by atoms with Gasteiger partial charge in [0.15, 0.2) is 0 Å². The predicted octanol–water partition coefficient (Wildman–Crippen LogP) is -2.70. The quantitative estimate of drug-likeness (QED) is 0.229. The van der Waals surface area contributed by atoms with Crippen LogP contribution in [0.15, 0.2) is 47.3 Å². The fourth-order valence-electron chi connectivity index (χ4n) is 2.44. The molecule has 0 saturated carbocycles. The van der Waals surface area contributed by atoms with Crippen molar-refractivity contribution < 1.29 is 62.3 Å². The molecule has 166 valence electrons. The summed E-state index contributed by atoms with van der Waals surface area (Å²) < 4.78 is 35.7. The molecule has 0 fully saturated rings. The smallest absolute Gasteiger partial charge is 0.747 e. The van der Waals surface area contributed by atoms with E-state index in [0.717, 1.165) is 0 Å². The number of benzene rings is 1. The summed E-state index contributed by atoms with van der Waals surface area (Å²) in [7, 11) is -1.34. The summed E-state index contributed by atoms with van der Waals surface area (Å²) >= 11 is 0. The normalized spacial score (nSPS) is 10.3. The number of para-hydroxylation sites is 1. The molecule has 2 rings (SSSR count). The van der Waals surface area contributed by atoms with Crippen LogP contribution in [0.4, 0.5) is 5.69 Å². The molecule has 0 aliphatic carbocycles. The molecule has 1 aromatic heterocycles. The second kappa shape index (κ2) is 13.1. The molecule has 1 heterocycles. The maximum atomic E-state index is 12.5. The van der Waals surface area contributed by atoms with Crippen molar-refractivity contribution in [2.45, 2.75) is 6.92 Å². The summed E-state index contributed by atoms with van der Waals surface area (Å²) in [5, 5.41) is 15.6. The van der Waals surface area contributed by atoms with Gasteiger partial charge < -0.3 is 25.8 Å². The van der Waals surface area contributed by atoms with Crippen LogP contribution < -0.4 is 46.2 Å². The van der Waals surface area contributed by atoms with Crippen molar-refractivity contribution in [3.8, 4) is 5.69 Å². The van der Waals surface area contributed by atoms with Crippen molar-refractivity contribution >= 4 is 27.7 Å². The van der Waals surface area contributed by atoms with E-state index >= 15 is 0 Å². The summed E-state index contributed by atoms with van der Waals surface area (Å²) in [4.78, 5) is 32.8. The van der Waals surface area contributed by atoms with Crippen LogP contribution in [0.3, 0.4) is 0 Å². The molecule has 31 heavy (non-hydrogen) atoms. The second-order valence-electron chi connectivity index (χ2n) is 5.80. The standard InChI is InChI=1S/C13H17N3O4S.C4H4O4.H3N.Na/c1-10-12(14(2)9-21(18,19)20)13(17)16(15(10)3)11-7-5-4-6-8-11;5-3(6)1-2-4(7)8;;/h4-8H,9H2,1-3H3,(H,18,19,20);1-2H,(H,5,6)(H,7,8);1H3;/q;;;+1/p-1/b;2-1-;;. The zero-order chi connectivity index (χ0) is 22.4. The van der Waals surface area contributed by atoms with Gasteiger partial charge in [-0.1, -0.05) is 18.2 Å².